The predicted molar refractivity (Wildman–Crippen MR) is 75.8 cm³/mol. The Morgan fingerprint density at radius 3 is 2.79 bits per heavy atom. The molecule has 0 aromatic carbocycles. The van der Waals surface area contributed by atoms with E-state index in [1.807, 2.05) is 0 Å². The van der Waals surface area contributed by atoms with E-state index >= 15 is 0 Å². The second-order valence-electron chi connectivity index (χ2n) is 6.72. The van der Waals surface area contributed by atoms with Crippen molar-refractivity contribution < 1.29 is 0 Å². The Bertz CT molecular complexity index is 431. The Labute approximate surface area is 115 Å². The van der Waals surface area contributed by atoms with Crippen molar-refractivity contribution in [3.63, 3.8) is 0 Å². The maximum absolute atomic E-state index is 6.10. The molecule has 1 aliphatic heterocycles. The lowest BCUT2D eigenvalue weighted by Gasteiger charge is -2.36. The summed E-state index contributed by atoms with van der Waals surface area (Å²) in [6, 6.07) is 0. The minimum absolute atomic E-state index is 0.297. The highest BCUT2D eigenvalue weighted by molar-refractivity contribution is 5.04. The topological polar surface area (TPSA) is 56.7 Å². The summed E-state index contributed by atoms with van der Waals surface area (Å²) in [5, 5.41) is 8.89. The molecule has 0 radical (unpaired) electrons. The van der Waals surface area contributed by atoms with Crippen LogP contribution in [0.25, 0.3) is 0 Å². The van der Waals surface area contributed by atoms with E-state index in [4.69, 9.17) is 5.73 Å². The molecule has 2 aliphatic rings. The minimum atomic E-state index is 0.297. The molecule has 1 saturated carbocycles. The van der Waals surface area contributed by atoms with Gasteiger partial charge in [-0.3, -0.25) is 0 Å². The molecule has 1 aromatic rings. The molecule has 0 spiro atoms. The summed E-state index contributed by atoms with van der Waals surface area (Å²) in [7, 11) is 0. The number of rotatable bonds is 3. The quantitative estimate of drug-likeness (QED) is 0.909. The lowest BCUT2D eigenvalue weighted by Crippen LogP contribution is -2.36. The van der Waals surface area contributed by atoms with E-state index in [0.717, 1.165) is 31.8 Å². The summed E-state index contributed by atoms with van der Waals surface area (Å²) < 4.78 is 2.37. The van der Waals surface area contributed by atoms with E-state index in [9.17, 15) is 0 Å². The highest BCUT2D eigenvalue weighted by atomic mass is 15.3. The van der Waals surface area contributed by atoms with Crippen molar-refractivity contribution in [3.05, 3.63) is 11.6 Å². The first-order valence-electron chi connectivity index (χ1n) is 7.83. The van der Waals surface area contributed by atoms with Gasteiger partial charge in [0.1, 0.15) is 11.6 Å². The molecule has 3 rings (SSSR count). The molecular weight excluding hydrogens is 236 g/mol. The van der Waals surface area contributed by atoms with Crippen LogP contribution < -0.4 is 5.73 Å². The van der Waals surface area contributed by atoms with Crippen LogP contribution in [0.3, 0.4) is 0 Å². The van der Waals surface area contributed by atoms with Crippen LogP contribution in [0.1, 0.15) is 57.1 Å². The zero-order chi connectivity index (χ0) is 13.3. The number of hydrogen-bond acceptors (Lipinski definition) is 3. The minimum Gasteiger partial charge on any atom is -0.330 e. The van der Waals surface area contributed by atoms with Gasteiger partial charge in [0, 0.05) is 19.4 Å². The van der Waals surface area contributed by atoms with E-state index in [1.165, 1.54) is 50.2 Å². The molecule has 2 heterocycles. The maximum Gasteiger partial charge on any atom is 0.133 e. The van der Waals surface area contributed by atoms with Crippen molar-refractivity contribution in [2.24, 2.45) is 17.1 Å². The van der Waals surface area contributed by atoms with Crippen molar-refractivity contribution in [2.45, 2.75) is 64.8 Å². The maximum atomic E-state index is 6.10. The predicted octanol–water partition coefficient (Wildman–Crippen LogP) is 2.31. The molecule has 106 valence electrons. The van der Waals surface area contributed by atoms with Crippen LogP contribution in [0.4, 0.5) is 0 Å². The first kappa shape index (κ1) is 13.1. The molecule has 0 saturated heterocycles. The molecular formula is C15H26N4. The van der Waals surface area contributed by atoms with Gasteiger partial charge in [-0.2, -0.15) is 0 Å². The van der Waals surface area contributed by atoms with Gasteiger partial charge in [0.15, 0.2) is 0 Å². The van der Waals surface area contributed by atoms with Gasteiger partial charge >= 0.3 is 0 Å². The Kier molecular flexibility index (Phi) is 3.61. The molecule has 4 nitrogen and oxygen atoms in total. The lowest BCUT2D eigenvalue weighted by molar-refractivity contribution is 0.190. The third-order valence-electron chi connectivity index (χ3n) is 5.16. The number of nitrogens with two attached hydrogens (primary N) is 1. The van der Waals surface area contributed by atoms with Gasteiger partial charge in [0.2, 0.25) is 0 Å². The van der Waals surface area contributed by atoms with Crippen LogP contribution >= 0.6 is 0 Å². The van der Waals surface area contributed by atoms with Gasteiger partial charge in [-0.25, -0.2) is 0 Å². The van der Waals surface area contributed by atoms with Crippen LogP contribution in [0.15, 0.2) is 0 Å². The zero-order valence-electron chi connectivity index (χ0n) is 12.1. The number of nitrogens with zero attached hydrogens (tertiary/aromatic N) is 3. The highest BCUT2D eigenvalue weighted by Crippen LogP contribution is 2.38. The summed E-state index contributed by atoms with van der Waals surface area (Å²) >= 11 is 0. The average molecular weight is 262 g/mol. The van der Waals surface area contributed by atoms with Gasteiger partial charge in [0.05, 0.1) is 0 Å². The number of aromatic nitrogens is 3. The van der Waals surface area contributed by atoms with Gasteiger partial charge in [-0.1, -0.05) is 26.2 Å². The van der Waals surface area contributed by atoms with Gasteiger partial charge in [0.25, 0.3) is 0 Å². The van der Waals surface area contributed by atoms with Crippen LogP contribution in [0, 0.1) is 11.3 Å². The molecule has 4 heteroatoms. The van der Waals surface area contributed by atoms with Crippen LogP contribution in [-0.4, -0.2) is 21.3 Å². The summed E-state index contributed by atoms with van der Waals surface area (Å²) in [4.78, 5) is 0. The van der Waals surface area contributed by atoms with Crippen molar-refractivity contribution in [3.8, 4) is 0 Å². The molecule has 1 aliphatic carbocycles. The third-order valence-corrected chi connectivity index (χ3v) is 5.16. The van der Waals surface area contributed by atoms with Crippen molar-refractivity contribution in [1.29, 1.82) is 0 Å². The van der Waals surface area contributed by atoms with E-state index in [-0.39, 0.29) is 0 Å². The van der Waals surface area contributed by atoms with E-state index in [0.29, 0.717) is 5.41 Å². The molecule has 2 N–H and O–H groups in total. The number of hydrogen-bond donors (Lipinski definition) is 1. The summed E-state index contributed by atoms with van der Waals surface area (Å²) in [5.74, 6) is 3.13. The smallest absolute Gasteiger partial charge is 0.133 e. The normalized spacial score (nSPS) is 26.1. The van der Waals surface area contributed by atoms with E-state index < -0.39 is 0 Å². The summed E-state index contributed by atoms with van der Waals surface area (Å²) in [6.07, 6.45) is 9.94. The third kappa shape index (κ3) is 2.55. The summed E-state index contributed by atoms with van der Waals surface area (Å²) in [5.41, 5.74) is 6.39. The Hall–Kier alpha value is -0.900. The Balaban J connectivity index is 1.79. The van der Waals surface area contributed by atoms with Crippen molar-refractivity contribution >= 4 is 0 Å². The van der Waals surface area contributed by atoms with Gasteiger partial charge in [-0.05, 0) is 37.1 Å². The van der Waals surface area contributed by atoms with Crippen LogP contribution in [0.2, 0.25) is 0 Å². The van der Waals surface area contributed by atoms with Gasteiger partial charge < -0.3 is 10.3 Å². The highest BCUT2D eigenvalue weighted by Gasteiger charge is 2.33. The Morgan fingerprint density at radius 1 is 1.26 bits per heavy atom. The van der Waals surface area contributed by atoms with Crippen molar-refractivity contribution in [2.75, 3.05) is 6.54 Å². The first-order valence-corrected chi connectivity index (χ1v) is 7.83. The Morgan fingerprint density at radius 2 is 2.05 bits per heavy atom. The zero-order valence-corrected chi connectivity index (χ0v) is 12.1. The molecule has 1 atom stereocenters. The lowest BCUT2D eigenvalue weighted by atomic mass is 9.71. The fraction of sp³-hybridized carbons (Fsp3) is 0.867. The molecule has 0 amide bonds. The van der Waals surface area contributed by atoms with E-state index in [2.05, 4.69) is 21.7 Å². The average Bonchev–Trinajstić information content (AvgIpc) is 2.82. The second-order valence-corrected chi connectivity index (χ2v) is 6.72. The second kappa shape index (κ2) is 5.23. The fourth-order valence-electron chi connectivity index (χ4n) is 3.77. The first-order chi connectivity index (χ1) is 9.22. The monoisotopic (exact) mass is 262 g/mol. The van der Waals surface area contributed by atoms with Crippen LogP contribution in [-0.2, 0) is 19.4 Å². The molecule has 1 unspecified atom stereocenters. The molecule has 0 bridgehead atoms. The van der Waals surface area contributed by atoms with Crippen LogP contribution in [0.5, 0.6) is 0 Å². The molecule has 19 heavy (non-hydrogen) atoms. The van der Waals surface area contributed by atoms with Gasteiger partial charge in [-0.15, -0.1) is 10.2 Å². The largest absolute Gasteiger partial charge is 0.330 e. The summed E-state index contributed by atoms with van der Waals surface area (Å²) in [6.45, 7) is 4.20. The number of fused-ring (bicyclic) bond motifs is 1. The van der Waals surface area contributed by atoms with Crippen molar-refractivity contribution in [1.82, 2.24) is 14.8 Å². The standard InChI is InChI=1S/C15H26N4/c1-12-5-8-19-13(9-12)17-18-14(19)10-15(11-16)6-3-2-4-7-15/h12H,2-11,16H2,1H3. The molecule has 1 fully saturated rings. The SMILES string of the molecule is CC1CCn2c(nnc2CC2(CN)CCCCC2)C1. The fourth-order valence-corrected chi connectivity index (χ4v) is 3.77. The van der Waals surface area contributed by atoms with E-state index in [1.54, 1.807) is 0 Å². The molecule has 1 aromatic heterocycles.